The number of halogens is 1. The molecule has 4 N–H and O–H groups in total. The summed E-state index contributed by atoms with van der Waals surface area (Å²) in [5, 5.41) is 6.02. The van der Waals surface area contributed by atoms with Crippen LogP contribution in [0.3, 0.4) is 0 Å². The zero-order valence-corrected chi connectivity index (χ0v) is 22.3. The third-order valence-electron chi connectivity index (χ3n) is 7.38. The molecule has 2 bridgehead atoms. The van der Waals surface area contributed by atoms with Crippen LogP contribution >= 0.6 is 11.6 Å². The number of likely N-dealkylation sites (tertiary alicyclic amines) is 1. The van der Waals surface area contributed by atoms with Gasteiger partial charge in [0.2, 0.25) is 18.1 Å². The first-order chi connectivity index (χ1) is 17.4. The topological polar surface area (TPSA) is 140 Å². The Hall–Kier alpha value is -2.85. The van der Waals surface area contributed by atoms with Gasteiger partial charge < -0.3 is 30.7 Å². The molecular formula is C26H35ClN4O6. The molecule has 3 fully saturated rings. The second-order valence-electron chi connectivity index (χ2n) is 11.1. The quantitative estimate of drug-likeness (QED) is 0.360. The zero-order valence-electron chi connectivity index (χ0n) is 21.6. The lowest BCUT2D eigenvalue weighted by molar-refractivity contribution is -0.165. The smallest absolute Gasteiger partial charge is 0.310 e. The van der Waals surface area contributed by atoms with E-state index in [4.69, 9.17) is 26.8 Å². The molecule has 0 aromatic heterocycles. The number of cyclic esters (lactones) is 1. The molecule has 1 unspecified atom stereocenters. The molecule has 2 aliphatic heterocycles. The largest absolute Gasteiger partial charge is 0.433 e. The highest BCUT2D eigenvalue weighted by molar-refractivity contribution is 6.33. The summed E-state index contributed by atoms with van der Waals surface area (Å²) >= 11 is 6.09. The summed E-state index contributed by atoms with van der Waals surface area (Å²) in [6.07, 6.45) is 1.51. The number of nitrogens with one attached hydrogen (secondary N) is 2. The Labute approximate surface area is 221 Å². The van der Waals surface area contributed by atoms with Crippen molar-refractivity contribution in [2.75, 3.05) is 12.3 Å². The van der Waals surface area contributed by atoms with E-state index in [9.17, 15) is 19.2 Å². The Kier molecular flexibility index (Phi) is 7.71. The number of anilines is 1. The zero-order chi connectivity index (χ0) is 27.1. The summed E-state index contributed by atoms with van der Waals surface area (Å²) in [6, 6.07) is 2.25. The number of rotatable bonds is 7. The fourth-order valence-electron chi connectivity index (χ4n) is 5.56. The van der Waals surface area contributed by atoms with Crippen LogP contribution in [0, 0.1) is 11.3 Å². The van der Waals surface area contributed by atoms with E-state index in [0.717, 1.165) is 19.3 Å². The van der Waals surface area contributed by atoms with Crippen molar-refractivity contribution in [3.05, 3.63) is 28.8 Å². The predicted molar refractivity (Wildman–Crippen MR) is 136 cm³/mol. The minimum Gasteiger partial charge on any atom is -0.433 e. The van der Waals surface area contributed by atoms with Gasteiger partial charge in [0, 0.05) is 18.2 Å². The number of hydrogen-bond acceptors (Lipinski definition) is 7. The van der Waals surface area contributed by atoms with Gasteiger partial charge in [0.25, 0.3) is 5.91 Å². The van der Waals surface area contributed by atoms with Crippen LogP contribution in [0.4, 0.5) is 5.69 Å². The van der Waals surface area contributed by atoms with Crippen molar-refractivity contribution in [3.8, 4) is 0 Å². The summed E-state index contributed by atoms with van der Waals surface area (Å²) < 4.78 is 10.6. The maximum Gasteiger partial charge on any atom is 0.310 e. The Balaban J connectivity index is 1.54. The van der Waals surface area contributed by atoms with Crippen LogP contribution in [0.2, 0.25) is 5.02 Å². The van der Waals surface area contributed by atoms with Crippen molar-refractivity contribution in [2.24, 2.45) is 11.3 Å². The van der Waals surface area contributed by atoms with Gasteiger partial charge in [-0.2, -0.15) is 0 Å². The van der Waals surface area contributed by atoms with E-state index in [1.54, 1.807) is 17.9 Å². The number of ether oxygens (including phenoxy) is 2. The summed E-state index contributed by atoms with van der Waals surface area (Å²) in [7, 11) is 0. The van der Waals surface area contributed by atoms with Crippen LogP contribution in [-0.2, 0) is 23.9 Å². The number of nitrogens with two attached hydrogens (primary N) is 1. The number of carbonyl (C=O) groups is 4. The first-order valence-corrected chi connectivity index (χ1v) is 13.1. The Morgan fingerprint density at radius 3 is 2.65 bits per heavy atom. The molecule has 11 heteroatoms. The Bertz CT molecular complexity index is 1090. The average Bonchev–Trinajstić information content (AvgIpc) is 3.53. The van der Waals surface area contributed by atoms with Gasteiger partial charge in [0.05, 0.1) is 17.1 Å². The predicted octanol–water partition coefficient (Wildman–Crippen LogP) is 2.24. The molecule has 3 aliphatic rings. The number of esters is 1. The van der Waals surface area contributed by atoms with Gasteiger partial charge in [-0.15, -0.1) is 0 Å². The molecule has 202 valence electrons. The normalized spacial score (nSPS) is 27.6. The van der Waals surface area contributed by atoms with E-state index in [2.05, 4.69) is 10.6 Å². The summed E-state index contributed by atoms with van der Waals surface area (Å²) in [6.45, 7) is 7.70. The number of piperidine rings is 1. The summed E-state index contributed by atoms with van der Waals surface area (Å²) in [5.74, 6) is -1.54. The van der Waals surface area contributed by atoms with Crippen LogP contribution in [0.15, 0.2) is 18.2 Å². The maximum absolute atomic E-state index is 14.0. The van der Waals surface area contributed by atoms with E-state index in [0.29, 0.717) is 12.3 Å². The molecule has 6 atom stereocenters. The molecule has 1 aromatic rings. The molecule has 10 nitrogen and oxygen atoms in total. The molecule has 1 aliphatic carbocycles. The maximum atomic E-state index is 14.0. The second kappa shape index (κ2) is 10.5. The van der Waals surface area contributed by atoms with Gasteiger partial charge in [0.1, 0.15) is 18.1 Å². The lowest BCUT2D eigenvalue weighted by Gasteiger charge is -2.40. The molecule has 37 heavy (non-hydrogen) atoms. The fourth-order valence-corrected chi connectivity index (χ4v) is 5.74. The number of amides is 3. The molecule has 4 rings (SSSR count). The molecule has 2 saturated heterocycles. The average molecular weight is 535 g/mol. The van der Waals surface area contributed by atoms with Gasteiger partial charge in [-0.05, 0) is 55.7 Å². The molecule has 0 spiro atoms. The van der Waals surface area contributed by atoms with Gasteiger partial charge in [0.15, 0.2) is 0 Å². The van der Waals surface area contributed by atoms with Gasteiger partial charge in [-0.25, -0.2) is 0 Å². The Morgan fingerprint density at radius 1 is 1.27 bits per heavy atom. The number of nitrogens with zero attached hydrogens (tertiary/aromatic N) is 1. The molecule has 2 heterocycles. The van der Waals surface area contributed by atoms with Crippen molar-refractivity contribution >= 4 is 41.0 Å². The van der Waals surface area contributed by atoms with Crippen LogP contribution in [0.1, 0.15) is 63.7 Å². The van der Waals surface area contributed by atoms with Crippen molar-refractivity contribution in [2.45, 2.75) is 83.8 Å². The lowest BCUT2D eigenvalue weighted by Crippen LogP contribution is -2.62. The highest BCUT2D eigenvalue weighted by Crippen LogP contribution is 2.44. The highest BCUT2D eigenvalue weighted by atomic mass is 35.5. The van der Waals surface area contributed by atoms with Crippen LogP contribution in [0.5, 0.6) is 0 Å². The van der Waals surface area contributed by atoms with Crippen LogP contribution in [-0.4, -0.2) is 65.7 Å². The standard InChI is InChI=1S/C26H35ClN4O6/c1-5-36-25-18(12-19(32)37-25)29-23(34)20-13-6-8-15(10-13)31(20)24(35)21(26(2,3)4)30-22(33)14-7-9-17(28)16(27)11-14/h7,9,11,13,15,18,20-21,25H,5-6,8,10,12,28H2,1-4H3,(H,29,34)(H,30,33)/t13-,15+,18?,20-,21+,25+/m0/s1. The SMILES string of the molecule is CCO[C@@H]1OC(=O)CC1NC(=O)[C@@H]1[C@H]2CC[C@H](C2)N1C(=O)[C@@H](NC(=O)c1ccc(N)c(Cl)c1)C(C)(C)C. The van der Waals surface area contributed by atoms with Crippen molar-refractivity contribution in [1.82, 2.24) is 15.5 Å². The van der Waals surface area contributed by atoms with E-state index >= 15 is 0 Å². The lowest BCUT2D eigenvalue weighted by atomic mass is 9.84. The minimum atomic E-state index is -0.890. The van der Waals surface area contributed by atoms with Gasteiger partial charge in [-0.1, -0.05) is 32.4 Å². The number of benzene rings is 1. The third kappa shape index (κ3) is 5.55. The Morgan fingerprint density at radius 2 is 2.00 bits per heavy atom. The number of carbonyl (C=O) groups excluding carboxylic acids is 4. The first kappa shape index (κ1) is 27.2. The first-order valence-electron chi connectivity index (χ1n) is 12.7. The number of hydrogen-bond donors (Lipinski definition) is 3. The molecule has 1 saturated carbocycles. The molecule has 0 radical (unpaired) electrons. The van der Waals surface area contributed by atoms with E-state index in [1.807, 2.05) is 20.8 Å². The summed E-state index contributed by atoms with van der Waals surface area (Å²) in [5.41, 5.74) is 5.76. The van der Waals surface area contributed by atoms with Crippen molar-refractivity contribution in [3.63, 3.8) is 0 Å². The molecular weight excluding hydrogens is 500 g/mol. The highest BCUT2D eigenvalue weighted by Gasteiger charge is 2.54. The van der Waals surface area contributed by atoms with Crippen LogP contribution in [0.25, 0.3) is 0 Å². The summed E-state index contributed by atoms with van der Waals surface area (Å²) in [4.78, 5) is 54.1. The minimum absolute atomic E-state index is 0.00439. The van der Waals surface area contributed by atoms with Gasteiger partial charge in [-0.3, -0.25) is 19.2 Å². The number of nitrogen functional groups attached to an aromatic ring is 1. The van der Waals surface area contributed by atoms with E-state index in [1.165, 1.54) is 12.1 Å². The van der Waals surface area contributed by atoms with Crippen molar-refractivity contribution in [1.29, 1.82) is 0 Å². The fraction of sp³-hybridized carbons (Fsp3) is 0.615. The van der Waals surface area contributed by atoms with Crippen LogP contribution < -0.4 is 16.4 Å². The van der Waals surface area contributed by atoms with Gasteiger partial charge >= 0.3 is 5.97 Å². The third-order valence-corrected chi connectivity index (χ3v) is 7.71. The monoisotopic (exact) mass is 534 g/mol. The van der Waals surface area contributed by atoms with Crippen molar-refractivity contribution < 1.29 is 28.7 Å². The second-order valence-corrected chi connectivity index (χ2v) is 11.5. The number of fused-ring (bicyclic) bond motifs is 2. The molecule has 3 amide bonds. The van der Waals surface area contributed by atoms with E-state index < -0.39 is 41.7 Å². The molecule has 1 aromatic carbocycles. The van der Waals surface area contributed by atoms with E-state index in [-0.39, 0.29) is 40.8 Å².